The predicted molar refractivity (Wildman–Crippen MR) is 116 cm³/mol. The standard InChI is InChI=1S/C25H22N2O3/c1-18-23(20-9-5-3-6-10-20)26-27(24(18)21-11-7-4-8-12-21)30-17-19-13-15-22(16-14-19)25(28)29-2/h3-16H,17H2,1-2H3. The Hall–Kier alpha value is -3.86. The van der Waals surface area contributed by atoms with Gasteiger partial charge in [-0.05, 0) is 24.6 Å². The molecule has 0 spiro atoms. The maximum atomic E-state index is 11.6. The van der Waals surface area contributed by atoms with Gasteiger partial charge in [-0.1, -0.05) is 77.6 Å². The van der Waals surface area contributed by atoms with Gasteiger partial charge in [0.15, 0.2) is 0 Å². The van der Waals surface area contributed by atoms with Crippen LogP contribution in [0.1, 0.15) is 21.5 Å². The molecule has 5 nitrogen and oxygen atoms in total. The van der Waals surface area contributed by atoms with Gasteiger partial charge in [0.25, 0.3) is 0 Å². The van der Waals surface area contributed by atoms with Crippen molar-refractivity contribution in [2.75, 3.05) is 7.11 Å². The lowest BCUT2D eigenvalue weighted by Crippen LogP contribution is -2.14. The minimum atomic E-state index is -0.357. The highest BCUT2D eigenvalue weighted by Gasteiger charge is 2.18. The highest BCUT2D eigenvalue weighted by atomic mass is 16.7. The van der Waals surface area contributed by atoms with E-state index in [1.165, 1.54) is 7.11 Å². The Labute approximate surface area is 175 Å². The van der Waals surface area contributed by atoms with E-state index in [1.54, 1.807) is 17.0 Å². The monoisotopic (exact) mass is 398 g/mol. The number of aromatic nitrogens is 2. The molecule has 0 fully saturated rings. The number of carbonyl (C=O) groups is 1. The van der Waals surface area contributed by atoms with Crippen LogP contribution in [0.5, 0.6) is 0 Å². The molecule has 0 atom stereocenters. The summed E-state index contributed by atoms with van der Waals surface area (Å²) in [5.74, 6) is -0.357. The minimum absolute atomic E-state index is 0.316. The summed E-state index contributed by atoms with van der Waals surface area (Å²) in [5, 5.41) is 4.75. The van der Waals surface area contributed by atoms with Crippen molar-refractivity contribution in [1.82, 2.24) is 9.94 Å². The van der Waals surface area contributed by atoms with Crippen molar-refractivity contribution < 1.29 is 14.4 Å². The van der Waals surface area contributed by atoms with Crippen LogP contribution in [0.4, 0.5) is 0 Å². The third kappa shape index (κ3) is 3.96. The molecule has 0 aliphatic carbocycles. The molecule has 0 saturated carbocycles. The molecule has 3 aromatic carbocycles. The smallest absolute Gasteiger partial charge is 0.337 e. The van der Waals surface area contributed by atoms with E-state index in [-0.39, 0.29) is 5.97 Å². The average Bonchev–Trinajstić information content (AvgIpc) is 3.14. The largest absolute Gasteiger partial charge is 0.465 e. The van der Waals surface area contributed by atoms with Crippen LogP contribution in [0, 0.1) is 6.92 Å². The fraction of sp³-hybridized carbons (Fsp3) is 0.120. The fourth-order valence-electron chi connectivity index (χ4n) is 3.35. The highest BCUT2D eigenvalue weighted by Crippen LogP contribution is 2.31. The molecule has 0 aliphatic rings. The van der Waals surface area contributed by atoms with Crippen LogP contribution < -0.4 is 4.84 Å². The Morgan fingerprint density at radius 3 is 2.07 bits per heavy atom. The molecule has 5 heteroatoms. The van der Waals surface area contributed by atoms with Gasteiger partial charge in [0.1, 0.15) is 12.3 Å². The second-order valence-electron chi connectivity index (χ2n) is 6.89. The van der Waals surface area contributed by atoms with Crippen LogP contribution in [-0.4, -0.2) is 23.0 Å². The third-order valence-electron chi connectivity index (χ3n) is 4.92. The molecule has 0 amide bonds. The molecule has 30 heavy (non-hydrogen) atoms. The zero-order chi connectivity index (χ0) is 20.9. The van der Waals surface area contributed by atoms with Crippen molar-refractivity contribution in [2.45, 2.75) is 13.5 Å². The Morgan fingerprint density at radius 2 is 1.47 bits per heavy atom. The summed E-state index contributed by atoms with van der Waals surface area (Å²) >= 11 is 0. The number of carbonyl (C=O) groups excluding carboxylic acids is 1. The zero-order valence-electron chi connectivity index (χ0n) is 16.9. The lowest BCUT2D eigenvalue weighted by molar-refractivity contribution is 0.0600. The summed E-state index contributed by atoms with van der Waals surface area (Å²) < 4.78 is 4.74. The molecule has 0 saturated heterocycles. The van der Waals surface area contributed by atoms with E-state index < -0.39 is 0 Å². The van der Waals surface area contributed by atoms with Gasteiger partial charge in [-0.2, -0.15) is 0 Å². The van der Waals surface area contributed by atoms with Gasteiger partial charge in [0.05, 0.1) is 18.4 Å². The molecule has 1 heterocycles. The maximum Gasteiger partial charge on any atom is 0.337 e. The number of esters is 1. The van der Waals surface area contributed by atoms with Gasteiger partial charge >= 0.3 is 5.97 Å². The van der Waals surface area contributed by atoms with E-state index in [4.69, 9.17) is 14.7 Å². The van der Waals surface area contributed by atoms with Crippen LogP contribution in [0.2, 0.25) is 0 Å². The Bertz CT molecular complexity index is 1130. The Kier molecular flexibility index (Phi) is 5.61. The number of benzene rings is 3. The van der Waals surface area contributed by atoms with E-state index in [1.807, 2.05) is 72.8 Å². The van der Waals surface area contributed by atoms with Crippen molar-refractivity contribution in [3.8, 4) is 22.5 Å². The highest BCUT2D eigenvalue weighted by molar-refractivity contribution is 5.89. The van der Waals surface area contributed by atoms with Crippen molar-refractivity contribution in [3.05, 3.63) is 102 Å². The summed E-state index contributed by atoms with van der Waals surface area (Å²) in [7, 11) is 1.37. The minimum Gasteiger partial charge on any atom is -0.465 e. The summed E-state index contributed by atoms with van der Waals surface area (Å²) in [6.45, 7) is 2.37. The van der Waals surface area contributed by atoms with Gasteiger partial charge in [-0.15, -0.1) is 5.10 Å². The molecule has 0 aliphatic heterocycles. The zero-order valence-corrected chi connectivity index (χ0v) is 16.9. The van der Waals surface area contributed by atoms with Crippen LogP contribution in [0.15, 0.2) is 84.9 Å². The topological polar surface area (TPSA) is 53.4 Å². The molecule has 0 radical (unpaired) electrons. The van der Waals surface area contributed by atoms with Gasteiger partial charge in [-0.3, -0.25) is 0 Å². The van der Waals surface area contributed by atoms with Crippen molar-refractivity contribution >= 4 is 5.97 Å². The third-order valence-corrected chi connectivity index (χ3v) is 4.92. The fourth-order valence-corrected chi connectivity index (χ4v) is 3.35. The van der Waals surface area contributed by atoms with Crippen LogP contribution in [-0.2, 0) is 11.3 Å². The number of ether oxygens (including phenoxy) is 1. The van der Waals surface area contributed by atoms with Crippen molar-refractivity contribution in [1.29, 1.82) is 0 Å². The van der Waals surface area contributed by atoms with Gasteiger partial charge in [0, 0.05) is 16.7 Å². The molecule has 150 valence electrons. The molecule has 1 aromatic heterocycles. The molecule has 4 rings (SSSR count). The first-order valence-electron chi connectivity index (χ1n) is 9.68. The van der Waals surface area contributed by atoms with E-state index in [9.17, 15) is 4.79 Å². The molecular weight excluding hydrogens is 376 g/mol. The normalized spacial score (nSPS) is 10.6. The van der Waals surface area contributed by atoms with E-state index >= 15 is 0 Å². The molecular formula is C25H22N2O3. The lowest BCUT2D eigenvalue weighted by atomic mass is 10.0. The second kappa shape index (κ2) is 8.66. The molecule has 4 aromatic rings. The van der Waals surface area contributed by atoms with Crippen molar-refractivity contribution in [3.63, 3.8) is 0 Å². The van der Waals surface area contributed by atoms with Gasteiger partial charge in [0.2, 0.25) is 0 Å². The van der Waals surface area contributed by atoms with Crippen molar-refractivity contribution in [2.24, 2.45) is 0 Å². The molecule has 0 unspecified atom stereocenters. The lowest BCUT2D eigenvalue weighted by Gasteiger charge is -2.10. The predicted octanol–water partition coefficient (Wildman–Crippen LogP) is 4.94. The van der Waals surface area contributed by atoms with Crippen LogP contribution in [0.3, 0.4) is 0 Å². The van der Waals surface area contributed by atoms with Crippen LogP contribution >= 0.6 is 0 Å². The summed E-state index contributed by atoms with van der Waals surface area (Å²) in [6.07, 6.45) is 0. The Morgan fingerprint density at radius 1 is 0.867 bits per heavy atom. The summed E-state index contributed by atoms with van der Waals surface area (Å²) in [4.78, 5) is 19.3. The van der Waals surface area contributed by atoms with Gasteiger partial charge < -0.3 is 9.57 Å². The first kappa shape index (κ1) is 19.5. The molecule has 0 bridgehead atoms. The quantitative estimate of drug-likeness (QED) is 0.432. The second-order valence-corrected chi connectivity index (χ2v) is 6.89. The molecule has 0 N–H and O–H groups in total. The SMILES string of the molecule is COC(=O)c1ccc(COn2nc(-c3ccccc3)c(C)c2-c2ccccc2)cc1. The summed E-state index contributed by atoms with van der Waals surface area (Å²) in [6, 6.07) is 27.3. The number of hydrogen-bond donors (Lipinski definition) is 0. The number of hydrogen-bond acceptors (Lipinski definition) is 4. The first-order valence-corrected chi connectivity index (χ1v) is 9.68. The van der Waals surface area contributed by atoms with E-state index in [0.717, 1.165) is 33.6 Å². The number of rotatable bonds is 6. The maximum absolute atomic E-state index is 11.6. The number of nitrogens with zero attached hydrogens (tertiary/aromatic N) is 2. The summed E-state index contributed by atoms with van der Waals surface area (Å²) in [5.41, 5.74) is 6.36. The van der Waals surface area contributed by atoms with Gasteiger partial charge in [-0.25, -0.2) is 4.79 Å². The van der Waals surface area contributed by atoms with E-state index in [2.05, 4.69) is 6.92 Å². The van der Waals surface area contributed by atoms with E-state index in [0.29, 0.717) is 12.2 Å². The Balaban J connectivity index is 1.66. The number of methoxy groups -OCH3 is 1. The van der Waals surface area contributed by atoms with Crippen LogP contribution in [0.25, 0.3) is 22.5 Å². The average molecular weight is 398 g/mol. The first-order chi connectivity index (χ1) is 14.7.